The molecule has 0 spiro atoms. The molecule has 1 fully saturated rings. The van der Waals surface area contributed by atoms with Gasteiger partial charge in [-0.25, -0.2) is 9.97 Å². The van der Waals surface area contributed by atoms with Crippen LogP contribution < -0.4 is 4.74 Å². The van der Waals surface area contributed by atoms with Crippen molar-refractivity contribution in [3.05, 3.63) is 43.0 Å². The lowest BCUT2D eigenvalue weighted by Crippen LogP contribution is -1.90. The van der Waals surface area contributed by atoms with E-state index in [1.807, 2.05) is 18.6 Å². The normalized spacial score (nSPS) is 14.7. The van der Waals surface area contributed by atoms with Gasteiger partial charge in [0, 0.05) is 23.2 Å². The molecule has 1 saturated carbocycles. The van der Waals surface area contributed by atoms with E-state index in [-0.39, 0.29) is 0 Å². The van der Waals surface area contributed by atoms with Crippen LogP contribution in [0.25, 0.3) is 33.2 Å². The molecule has 1 aliphatic rings. The minimum absolute atomic E-state index is 0.625. The smallest absolute Gasteiger partial charge is 0.138 e. The molecule has 1 N–H and O–H groups in total. The van der Waals surface area contributed by atoms with Crippen LogP contribution in [0.2, 0.25) is 0 Å². The molecule has 5 rings (SSSR count). The molecule has 1 aliphatic carbocycles. The van der Waals surface area contributed by atoms with E-state index >= 15 is 0 Å². The van der Waals surface area contributed by atoms with Crippen LogP contribution >= 0.6 is 0 Å². The van der Waals surface area contributed by atoms with E-state index in [0.29, 0.717) is 6.04 Å². The fraction of sp³-hybridized carbons (Fsp3) is 0.222. The van der Waals surface area contributed by atoms with Crippen LogP contribution in [0.1, 0.15) is 18.9 Å². The monoisotopic (exact) mass is 304 g/mol. The van der Waals surface area contributed by atoms with E-state index in [4.69, 9.17) is 4.74 Å². The number of nitrogens with one attached hydrogen (secondary N) is 1. The quantitative estimate of drug-likeness (QED) is 0.624. The highest BCUT2D eigenvalue weighted by molar-refractivity contribution is 5.96. The van der Waals surface area contributed by atoms with E-state index in [1.165, 1.54) is 23.9 Å². The first-order chi connectivity index (χ1) is 11.3. The number of fused-ring (bicyclic) bond motifs is 2. The molecular formula is C18H16N4O. The van der Waals surface area contributed by atoms with E-state index < -0.39 is 0 Å². The molecule has 3 heterocycles. The predicted octanol–water partition coefficient (Wildman–Crippen LogP) is 3.92. The minimum Gasteiger partial charge on any atom is -0.495 e. The van der Waals surface area contributed by atoms with Crippen molar-refractivity contribution in [2.75, 3.05) is 7.11 Å². The number of hydrogen-bond acceptors (Lipinski definition) is 3. The van der Waals surface area contributed by atoms with E-state index in [0.717, 1.165) is 27.9 Å². The van der Waals surface area contributed by atoms with Crippen molar-refractivity contribution in [1.82, 2.24) is 19.5 Å². The number of rotatable bonds is 3. The number of aromatic amines is 1. The number of pyridine rings is 1. The van der Waals surface area contributed by atoms with Crippen molar-refractivity contribution in [3.8, 4) is 16.9 Å². The Balaban J connectivity index is 1.71. The molecule has 0 bridgehead atoms. The number of hydrogen-bond donors (Lipinski definition) is 1. The Labute approximate surface area is 132 Å². The summed E-state index contributed by atoms with van der Waals surface area (Å²) >= 11 is 0. The Bertz CT molecular complexity index is 1030. The van der Waals surface area contributed by atoms with Crippen molar-refractivity contribution >= 4 is 22.1 Å². The Morgan fingerprint density at radius 2 is 2.13 bits per heavy atom. The third-order valence-corrected chi connectivity index (χ3v) is 4.57. The van der Waals surface area contributed by atoms with Gasteiger partial charge in [0.05, 0.1) is 30.7 Å². The highest BCUT2D eigenvalue weighted by Gasteiger charge is 2.25. The van der Waals surface area contributed by atoms with Gasteiger partial charge in [0.15, 0.2) is 0 Å². The Hall–Kier alpha value is -2.82. The number of imidazole rings is 1. The number of H-pyrrole nitrogens is 1. The molecule has 0 atom stereocenters. The van der Waals surface area contributed by atoms with Crippen LogP contribution in [0.15, 0.2) is 43.0 Å². The van der Waals surface area contributed by atoms with E-state index in [9.17, 15) is 0 Å². The number of nitrogens with zero attached hydrogens (tertiary/aromatic N) is 3. The molecular weight excluding hydrogens is 288 g/mol. The maximum absolute atomic E-state index is 5.31. The number of ether oxygens (including phenoxy) is 1. The second-order valence-electron chi connectivity index (χ2n) is 6.06. The van der Waals surface area contributed by atoms with Crippen molar-refractivity contribution in [2.24, 2.45) is 0 Å². The number of methoxy groups -OCH3 is 1. The van der Waals surface area contributed by atoms with Gasteiger partial charge in [0.1, 0.15) is 11.4 Å². The van der Waals surface area contributed by atoms with Crippen molar-refractivity contribution < 1.29 is 4.74 Å². The summed E-state index contributed by atoms with van der Waals surface area (Å²) in [5.41, 5.74) is 5.43. The summed E-state index contributed by atoms with van der Waals surface area (Å²) in [5, 5.41) is 1.07. The molecule has 114 valence electrons. The van der Waals surface area contributed by atoms with E-state index in [2.05, 4.69) is 37.7 Å². The van der Waals surface area contributed by atoms with Gasteiger partial charge >= 0.3 is 0 Å². The summed E-state index contributed by atoms with van der Waals surface area (Å²) in [4.78, 5) is 12.2. The zero-order valence-electron chi connectivity index (χ0n) is 12.8. The minimum atomic E-state index is 0.625. The van der Waals surface area contributed by atoms with Crippen LogP contribution in [-0.4, -0.2) is 26.6 Å². The SMILES string of the molecule is COc1cnc2[nH]cc(-c3ccc4ncn(C5CC5)c4c3)c2c1. The Kier molecular flexibility index (Phi) is 2.53. The van der Waals surface area contributed by atoms with Crippen LogP contribution in [0.5, 0.6) is 5.75 Å². The fourth-order valence-electron chi connectivity index (χ4n) is 3.17. The van der Waals surface area contributed by atoms with Gasteiger partial charge in [-0.05, 0) is 36.6 Å². The molecule has 5 heteroatoms. The first kappa shape index (κ1) is 12.7. The van der Waals surface area contributed by atoms with Crippen molar-refractivity contribution in [3.63, 3.8) is 0 Å². The van der Waals surface area contributed by atoms with Gasteiger partial charge in [0.2, 0.25) is 0 Å². The summed E-state index contributed by atoms with van der Waals surface area (Å²) in [5.74, 6) is 0.766. The van der Waals surface area contributed by atoms with Crippen LogP contribution in [0.3, 0.4) is 0 Å². The summed E-state index contributed by atoms with van der Waals surface area (Å²) in [6.45, 7) is 0. The highest BCUT2D eigenvalue weighted by Crippen LogP contribution is 2.38. The molecule has 0 saturated heterocycles. The molecule has 0 radical (unpaired) electrons. The van der Waals surface area contributed by atoms with E-state index in [1.54, 1.807) is 13.3 Å². The van der Waals surface area contributed by atoms with Gasteiger partial charge in [-0.15, -0.1) is 0 Å². The molecule has 4 aromatic rings. The van der Waals surface area contributed by atoms with Crippen LogP contribution in [0, 0.1) is 0 Å². The Morgan fingerprint density at radius 3 is 2.96 bits per heavy atom. The maximum Gasteiger partial charge on any atom is 0.138 e. The van der Waals surface area contributed by atoms with Gasteiger partial charge in [-0.1, -0.05) is 6.07 Å². The maximum atomic E-state index is 5.31. The van der Waals surface area contributed by atoms with Gasteiger partial charge in [-0.3, -0.25) is 0 Å². The summed E-state index contributed by atoms with van der Waals surface area (Å²) in [6.07, 6.45) is 8.21. The standard InChI is InChI=1S/C18H16N4O/c1-23-13-7-14-15(9-20-18(14)19-8-13)11-2-5-16-17(6-11)22(10-21-16)12-3-4-12/h2,5-10,12H,3-4H2,1H3,(H,19,20). The zero-order chi connectivity index (χ0) is 15.4. The molecule has 0 unspecified atom stereocenters. The summed E-state index contributed by atoms with van der Waals surface area (Å²) in [7, 11) is 1.66. The topological polar surface area (TPSA) is 55.7 Å². The molecule has 23 heavy (non-hydrogen) atoms. The fourth-order valence-corrected chi connectivity index (χ4v) is 3.17. The lowest BCUT2D eigenvalue weighted by atomic mass is 10.1. The summed E-state index contributed by atoms with van der Waals surface area (Å²) < 4.78 is 7.61. The van der Waals surface area contributed by atoms with Crippen LogP contribution in [0.4, 0.5) is 0 Å². The molecule has 3 aromatic heterocycles. The second-order valence-corrected chi connectivity index (χ2v) is 6.06. The van der Waals surface area contributed by atoms with Gasteiger partial charge in [-0.2, -0.15) is 0 Å². The first-order valence-electron chi connectivity index (χ1n) is 7.81. The third-order valence-electron chi connectivity index (χ3n) is 4.57. The van der Waals surface area contributed by atoms with Gasteiger partial charge in [0.25, 0.3) is 0 Å². The number of aromatic nitrogens is 4. The predicted molar refractivity (Wildman–Crippen MR) is 89.6 cm³/mol. The average molecular weight is 304 g/mol. The van der Waals surface area contributed by atoms with Crippen molar-refractivity contribution in [2.45, 2.75) is 18.9 Å². The second kappa shape index (κ2) is 4.59. The molecule has 5 nitrogen and oxygen atoms in total. The Morgan fingerprint density at radius 1 is 1.22 bits per heavy atom. The first-order valence-corrected chi connectivity index (χ1v) is 7.81. The van der Waals surface area contributed by atoms with Crippen molar-refractivity contribution in [1.29, 1.82) is 0 Å². The molecule has 1 aromatic carbocycles. The highest BCUT2D eigenvalue weighted by atomic mass is 16.5. The van der Waals surface area contributed by atoms with Crippen LogP contribution in [-0.2, 0) is 0 Å². The van der Waals surface area contributed by atoms with Gasteiger partial charge < -0.3 is 14.3 Å². The molecule has 0 amide bonds. The zero-order valence-corrected chi connectivity index (χ0v) is 12.8. The largest absolute Gasteiger partial charge is 0.495 e. The number of benzene rings is 1. The lowest BCUT2D eigenvalue weighted by molar-refractivity contribution is 0.414. The molecule has 0 aliphatic heterocycles. The average Bonchev–Trinajstić information content (AvgIpc) is 3.21. The summed E-state index contributed by atoms with van der Waals surface area (Å²) in [6, 6.07) is 9.09. The lowest BCUT2D eigenvalue weighted by Gasteiger charge is -2.04. The third kappa shape index (κ3) is 1.93.